The summed E-state index contributed by atoms with van der Waals surface area (Å²) < 4.78 is 30.2. The van der Waals surface area contributed by atoms with E-state index in [9.17, 15) is 19.5 Å². The number of hydrogen-bond donors (Lipinski definition) is 3. The van der Waals surface area contributed by atoms with Crippen molar-refractivity contribution in [3.05, 3.63) is 63.4 Å². The van der Waals surface area contributed by atoms with Crippen LogP contribution in [0, 0.1) is 0 Å². The Morgan fingerprint density at radius 3 is 2.55 bits per heavy atom. The van der Waals surface area contributed by atoms with Crippen LogP contribution in [0.2, 0.25) is 0 Å². The summed E-state index contributed by atoms with van der Waals surface area (Å²) >= 11 is 5.71. The Balaban J connectivity index is 0.00000400. The first kappa shape index (κ1) is 30.2. The molecule has 3 heterocycles. The number of para-hydroxylation sites is 1. The van der Waals surface area contributed by atoms with Crippen LogP contribution in [0.5, 0.6) is 5.75 Å². The van der Waals surface area contributed by atoms with E-state index in [0.29, 0.717) is 18.8 Å². The Kier molecular flexibility index (Phi) is 9.69. The smallest absolute Gasteiger partial charge is 0.330 e. The fourth-order valence-electron chi connectivity index (χ4n) is 4.13. The third-order valence-electron chi connectivity index (χ3n) is 5.98. The molecule has 2 aromatic rings. The predicted octanol–water partition coefficient (Wildman–Crippen LogP) is 1.84. The van der Waals surface area contributed by atoms with Gasteiger partial charge in [-0.25, -0.2) is 9.88 Å². The number of aliphatic hydroxyl groups excluding tert-OH is 1. The number of nitrogens with zero attached hydrogens (tertiary/aromatic N) is 1. The number of aromatic amines is 1. The van der Waals surface area contributed by atoms with Crippen molar-refractivity contribution in [2.45, 2.75) is 70.8 Å². The molecular weight excluding hydrogens is 537 g/mol. The average molecular weight is 572 g/mol. The van der Waals surface area contributed by atoms with E-state index in [2.05, 4.69) is 10.1 Å². The fraction of sp³-hybridized carbons (Fsp3) is 0.542. The zero-order valence-corrected chi connectivity index (χ0v) is 22.3. The van der Waals surface area contributed by atoms with Gasteiger partial charge < -0.3 is 28.4 Å². The van der Waals surface area contributed by atoms with Crippen LogP contribution in [0.1, 0.15) is 40.8 Å². The summed E-state index contributed by atoms with van der Waals surface area (Å²) in [6.07, 6.45) is -1.74. The third-order valence-corrected chi connectivity index (χ3v) is 8.48. The Morgan fingerprint density at radius 2 is 1.97 bits per heavy atom. The minimum absolute atomic E-state index is 0. The lowest BCUT2D eigenvalue weighted by molar-refractivity contribution is -0.227. The SMILES string of the molecule is C.CC(C)OC(=O)[C@H](C)NP(=S)(OC[C@H]1O[C@@H](n2ccc(=O)[nH]c2=O)[C@@]2(CCO2)[C@@H]1O)Oc1ccccc1. The molecule has 3 N–H and O–H groups in total. The van der Waals surface area contributed by atoms with Crippen LogP contribution in [0.25, 0.3) is 0 Å². The van der Waals surface area contributed by atoms with Gasteiger partial charge >= 0.3 is 18.3 Å². The van der Waals surface area contributed by atoms with Gasteiger partial charge in [0.1, 0.15) is 29.6 Å². The minimum atomic E-state index is -3.38. The largest absolute Gasteiger partial charge is 0.462 e. The maximum Gasteiger partial charge on any atom is 0.330 e. The molecule has 6 atom stereocenters. The van der Waals surface area contributed by atoms with E-state index in [1.54, 1.807) is 45.0 Å². The molecule has 12 nitrogen and oxygen atoms in total. The van der Waals surface area contributed by atoms with Crippen molar-refractivity contribution >= 4 is 24.4 Å². The molecule has 2 aliphatic heterocycles. The van der Waals surface area contributed by atoms with Crippen LogP contribution in [0.15, 0.2) is 52.2 Å². The highest BCUT2D eigenvalue weighted by Crippen LogP contribution is 2.50. The van der Waals surface area contributed by atoms with Crippen molar-refractivity contribution in [3.63, 3.8) is 0 Å². The summed E-state index contributed by atoms with van der Waals surface area (Å²) in [5.41, 5.74) is -2.45. The molecule has 1 spiro atoms. The summed E-state index contributed by atoms with van der Waals surface area (Å²) in [5.74, 6) is -0.104. The number of carbonyl (C=O) groups excluding carboxylic acids is 1. The predicted molar refractivity (Wildman–Crippen MR) is 142 cm³/mol. The van der Waals surface area contributed by atoms with Gasteiger partial charge in [0.05, 0.1) is 19.3 Å². The lowest BCUT2D eigenvalue weighted by Crippen LogP contribution is -2.57. The van der Waals surface area contributed by atoms with Gasteiger partial charge in [0, 0.05) is 18.7 Å². The van der Waals surface area contributed by atoms with Gasteiger partial charge in [0.2, 0.25) is 0 Å². The highest BCUT2D eigenvalue weighted by molar-refractivity contribution is 8.09. The molecule has 2 saturated heterocycles. The van der Waals surface area contributed by atoms with E-state index in [-0.39, 0.29) is 20.1 Å². The van der Waals surface area contributed by atoms with Gasteiger partial charge in [0.15, 0.2) is 6.23 Å². The molecule has 210 valence electrons. The molecular formula is C24H34N3O9PS. The number of ether oxygens (including phenoxy) is 3. The van der Waals surface area contributed by atoms with Crippen molar-refractivity contribution < 1.29 is 33.2 Å². The highest BCUT2D eigenvalue weighted by Gasteiger charge is 2.62. The topological polar surface area (TPSA) is 150 Å². The van der Waals surface area contributed by atoms with E-state index in [1.165, 1.54) is 16.8 Å². The number of nitrogens with one attached hydrogen (secondary N) is 2. The number of esters is 1. The second-order valence-electron chi connectivity index (χ2n) is 9.08. The van der Waals surface area contributed by atoms with Crippen LogP contribution >= 0.6 is 6.64 Å². The molecule has 2 fully saturated rings. The molecule has 38 heavy (non-hydrogen) atoms. The zero-order valence-electron chi connectivity index (χ0n) is 20.6. The van der Waals surface area contributed by atoms with Crippen LogP contribution in [0.3, 0.4) is 0 Å². The Bertz CT molecular complexity index is 1260. The summed E-state index contributed by atoms with van der Waals surface area (Å²) in [4.78, 5) is 38.5. The van der Waals surface area contributed by atoms with Crippen molar-refractivity contribution in [3.8, 4) is 5.75 Å². The maximum absolute atomic E-state index is 12.4. The van der Waals surface area contributed by atoms with Gasteiger partial charge in [-0.3, -0.25) is 19.1 Å². The zero-order chi connectivity index (χ0) is 26.8. The molecule has 1 aromatic carbocycles. The maximum atomic E-state index is 12.4. The normalized spacial score (nSPS) is 26.7. The van der Waals surface area contributed by atoms with Gasteiger partial charge in [-0.05, 0) is 44.7 Å². The molecule has 1 aromatic heterocycles. The monoisotopic (exact) mass is 571 g/mol. The first-order valence-corrected chi connectivity index (χ1v) is 14.4. The number of aromatic nitrogens is 2. The molecule has 0 radical (unpaired) electrons. The quantitative estimate of drug-likeness (QED) is 0.283. The van der Waals surface area contributed by atoms with Crippen molar-refractivity contribution in [1.82, 2.24) is 14.6 Å². The number of benzene rings is 1. The van der Waals surface area contributed by atoms with Gasteiger partial charge in [0.25, 0.3) is 5.56 Å². The summed E-state index contributed by atoms with van der Waals surface area (Å²) in [6.45, 7) is 1.81. The first-order valence-electron chi connectivity index (χ1n) is 11.8. The van der Waals surface area contributed by atoms with Gasteiger partial charge in [-0.15, -0.1) is 0 Å². The second-order valence-corrected chi connectivity index (χ2v) is 12.2. The van der Waals surface area contributed by atoms with E-state index in [0.717, 1.165) is 0 Å². The molecule has 2 aliphatic rings. The van der Waals surface area contributed by atoms with E-state index < -0.39 is 53.9 Å². The minimum Gasteiger partial charge on any atom is -0.462 e. The standard InChI is InChI=1S/C23H30N3O9PS.CH4/c1-14(2)33-20(29)15(3)25-36(37,35-16-7-5-4-6-8-16)32-13-17-19(28)23(10-12-31-23)21(34-17)26-11-9-18(27)24-22(26)30;/h4-9,11,14-15,17,19,21,28H,10,12-13H2,1-3H3,(H,25,37)(H,24,27,30);1H4/t15-,17+,19+,21+,23+,36?;/m0./s1. The Hall–Kier alpha value is -2.38. The molecule has 0 saturated carbocycles. The van der Waals surface area contributed by atoms with Crippen molar-refractivity contribution in [2.75, 3.05) is 13.2 Å². The van der Waals surface area contributed by atoms with Crippen LogP contribution in [-0.4, -0.2) is 63.8 Å². The summed E-state index contributed by atoms with van der Waals surface area (Å²) in [7, 11) is 0. The van der Waals surface area contributed by atoms with Crippen LogP contribution in [-0.2, 0) is 35.3 Å². The summed E-state index contributed by atoms with van der Waals surface area (Å²) in [5, 5.41) is 14.1. The number of hydrogen-bond acceptors (Lipinski definition) is 10. The molecule has 0 amide bonds. The lowest BCUT2D eigenvalue weighted by atomic mass is 9.86. The van der Waals surface area contributed by atoms with Crippen LogP contribution in [0.4, 0.5) is 0 Å². The number of rotatable bonds is 10. The number of aliphatic hydroxyl groups is 1. The van der Waals surface area contributed by atoms with Crippen LogP contribution < -0.4 is 20.9 Å². The van der Waals surface area contributed by atoms with Gasteiger partial charge in [-0.1, -0.05) is 25.6 Å². The lowest BCUT2D eigenvalue weighted by Gasteiger charge is -2.44. The van der Waals surface area contributed by atoms with Crippen molar-refractivity contribution in [1.29, 1.82) is 0 Å². The molecule has 4 rings (SSSR count). The average Bonchev–Trinajstić information content (AvgIpc) is 3.10. The van der Waals surface area contributed by atoms with E-state index in [4.69, 9.17) is 35.1 Å². The molecule has 0 bridgehead atoms. The van der Waals surface area contributed by atoms with Crippen molar-refractivity contribution in [2.24, 2.45) is 0 Å². The highest BCUT2D eigenvalue weighted by atomic mass is 32.5. The summed E-state index contributed by atoms with van der Waals surface area (Å²) in [6, 6.07) is 9.06. The molecule has 1 unspecified atom stereocenters. The van der Waals surface area contributed by atoms with E-state index in [1.807, 2.05) is 6.07 Å². The molecule has 14 heteroatoms. The van der Waals surface area contributed by atoms with E-state index >= 15 is 0 Å². The fourth-order valence-corrected chi connectivity index (χ4v) is 6.55. The first-order chi connectivity index (χ1) is 17.5. The number of carbonyl (C=O) groups is 1. The Labute approximate surface area is 225 Å². The van der Waals surface area contributed by atoms with Gasteiger partial charge in [-0.2, -0.15) is 0 Å². The molecule has 0 aliphatic carbocycles. The Morgan fingerprint density at radius 1 is 1.29 bits per heavy atom. The number of H-pyrrole nitrogens is 1. The third kappa shape index (κ3) is 6.42. The second kappa shape index (κ2) is 12.2.